The van der Waals surface area contributed by atoms with E-state index in [1.54, 1.807) is 32.2 Å². The highest BCUT2D eigenvalue weighted by atomic mass is 35.5. The van der Waals surface area contributed by atoms with E-state index < -0.39 is 66.7 Å². The SMILES string of the molecule is CCOc1cc(C2C3=CCn4c(=O)n(CCc5nc6cc(OC)c(OC)cc6n(C)c5=O)c(=O)n4C3CC3(Cl)C(=O)C(Cl)=C(Cl)C(=O)C23Cl)ccc1O. The molecule has 4 atom stereocenters. The van der Waals surface area contributed by atoms with Crippen LogP contribution in [-0.4, -0.2) is 70.7 Å². The minimum absolute atomic E-state index is 0.0736. The first-order chi connectivity index (χ1) is 25.1. The molecule has 53 heavy (non-hydrogen) atoms. The maximum Gasteiger partial charge on any atom is 0.347 e. The number of phenols is 1. The number of hydrogen-bond donors (Lipinski definition) is 1. The summed E-state index contributed by atoms with van der Waals surface area (Å²) in [6, 6.07) is 6.49. The van der Waals surface area contributed by atoms with E-state index in [0.717, 1.165) is 4.57 Å². The highest BCUT2D eigenvalue weighted by Gasteiger charge is 2.71. The molecule has 1 aliphatic heterocycles. The number of benzene rings is 2. The number of Topliss-reactive ketones (excluding diaryl/α,β-unsaturated/α-hetero) is 2. The fourth-order valence-corrected chi connectivity index (χ4v) is 9.18. The second kappa shape index (κ2) is 13.1. The molecular weight excluding hydrogens is 776 g/mol. The van der Waals surface area contributed by atoms with Gasteiger partial charge in [-0.3, -0.25) is 14.4 Å². The summed E-state index contributed by atoms with van der Waals surface area (Å²) in [6.45, 7) is 1.57. The maximum atomic E-state index is 14.3. The molecule has 3 heterocycles. The number of nitrogens with zero attached hydrogens (tertiary/aromatic N) is 5. The predicted molar refractivity (Wildman–Crippen MR) is 196 cm³/mol. The number of carbonyl (C=O) groups is 2. The number of ketones is 2. The van der Waals surface area contributed by atoms with Crippen LogP contribution in [0.5, 0.6) is 23.0 Å². The lowest BCUT2D eigenvalue weighted by Gasteiger charge is -2.54. The number of aromatic hydroxyl groups is 1. The highest BCUT2D eigenvalue weighted by molar-refractivity contribution is 6.66. The van der Waals surface area contributed by atoms with Gasteiger partial charge in [-0.1, -0.05) is 35.3 Å². The molecule has 0 saturated heterocycles. The summed E-state index contributed by atoms with van der Waals surface area (Å²) in [5.41, 5.74) is -0.148. The molecule has 0 radical (unpaired) electrons. The summed E-state index contributed by atoms with van der Waals surface area (Å²) in [5.74, 6) is -2.34. The van der Waals surface area contributed by atoms with Crippen molar-refractivity contribution in [2.45, 2.75) is 54.6 Å². The fourth-order valence-electron chi connectivity index (χ4n) is 7.65. The number of carbonyl (C=O) groups excluding carboxylic acids is 2. The Kier molecular flexibility index (Phi) is 9.12. The Balaban J connectivity index is 1.34. The Morgan fingerprint density at radius 2 is 1.62 bits per heavy atom. The summed E-state index contributed by atoms with van der Waals surface area (Å²) < 4.78 is 21.1. The normalized spacial score (nSPS) is 23.7. The number of fused-ring (bicyclic) bond motifs is 5. The molecule has 0 bridgehead atoms. The molecule has 2 aromatic heterocycles. The van der Waals surface area contributed by atoms with Gasteiger partial charge in [-0.05, 0) is 30.2 Å². The number of aromatic nitrogens is 5. The van der Waals surface area contributed by atoms with Crippen molar-refractivity contribution < 1.29 is 28.9 Å². The lowest BCUT2D eigenvalue weighted by atomic mass is 9.59. The standard InChI is InChI=1S/C35H31Cl4N5O9/c1-5-53-23-12-16(6-7-22(23)45)26-17-8-11-43-32(49)42(10-9-18-31(48)41(2)20-14-25(52-4)24(51-3)13-19(20)40-18)33(50)44(43)21(17)15-34(38)29(46)27(36)28(37)30(47)35(26,34)39/h6-8,12-14,21,26,45H,5,9-11,15H2,1-4H3. The van der Waals surface area contributed by atoms with E-state index in [0.29, 0.717) is 33.7 Å². The van der Waals surface area contributed by atoms with Gasteiger partial charge in [0.1, 0.15) is 25.5 Å². The number of allylic oxidation sites excluding steroid dienone is 4. The molecule has 0 amide bonds. The van der Waals surface area contributed by atoms with Crippen molar-refractivity contribution in [3.8, 4) is 23.0 Å². The van der Waals surface area contributed by atoms with Crippen LogP contribution in [0.4, 0.5) is 0 Å². The van der Waals surface area contributed by atoms with E-state index >= 15 is 0 Å². The van der Waals surface area contributed by atoms with Crippen molar-refractivity contribution in [3.63, 3.8) is 0 Å². The van der Waals surface area contributed by atoms with E-state index in [2.05, 4.69) is 4.98 Å². The molecular formula is C35H31Cl4N5O9. The van der Waals surface area contributed by atoms with E-state index in [4.69, 9.17) is 60.6 Å². The van der Waals surface area contributed by atoms with Crippen LogP contribution in [0.3, 0.4) is 0 Å². The van der Waals surface area contributed by atoms with Crippen LogP contribution in [0, 0.1) is 0 Å². The summed E-state index contributed by atoms with van der Waals surface area (Å²) in [4.78, 5) is 69.5. The van der Waals surface area contributed by atoms with Gasteiger partial charge >= 0.3 is 11.4 Å². The van der Waals surface area contributed by atoms with Gasteiger partial charge in [-0.2, -0.15) is 0 Å². The Bertz CT molecular complexity index is 2520. The molecule has 2 aliphatic carbocycles. The van der Waals surface area contributed by atoms with Crippen LogP contribution in [0.15, 0.2) is 66.4 Å². The monoisotopic (exact) mass is 805 g/mol. The zero-order valence-corrected chi connectivity index (χ0v) is 31.6. The van der Waals surface area contributed by atoms with Gasteiger partial charge in [0, 0.05) is 44.5 Å². The van der Waals surface area contributed by atoms with Crippen molar-refractivity contribution >= 4 is 69.0 Å². The number of aryl methyl sites for hydroxylation is 2. The predicted octanol–water partition coefficient (Wildman–Crippen LogP) is 3.89. The van der Waals surface area contributed by atoms with Crippen LogP contribution >= 0.6 is 46.4 Å². The van der Waals surface area contributed by atoms with Crippen LogP contribution in [0.25, 0.3) is 11.0 Å². The molecule has 1 fully saturated rings. The Morgan fingerprint density at radius 3 is 2.30 bits per heavy atom. The van der Waals surface area contributed by atoms with Crippen molar-refractivity contribution in [2.75, 3.05) is 20.8 Å². The quantitative estimate of drug-likeness (QED) is 0.204. The van der Waals surface area contributed by atoms with Gasteiger partial charge < -0.3 is 23.9 Å². The largest absolute Gasteiger partial charge is 0.504 e. The van der Waals surface area contributed by atoms with Gasteiger partial charge in [-0.15, -0.1) is 23.2 Å². The third kappa shape index (κ3) is 5.20. The van der Waals surface area contributed by atoms with Crippen molar-refractivity contribution in [1.29, 1.82) is 0 Å². The molecule has 3 aliphatic rings. The minimum atomic E-state index is -2.25. The van der Waals surface area contributed by atoms with Gasteiger partial charge in [-0.25, -0.2) is 28.5 Å². The second-order valence-corrected chi connectivity index (χ2v) is 14.8. The number of halogens is 4. The highest BCUT2D eigenvalue weighted by Crippen LogP contribution is 2.64. The number of alkyl halides is 2. The van der Waals surface area contributed by atoms with E-state index in [1.807, 2.05) is 0 Å². The average molecular weight is 807 g/mol. The first kappa shape index (κ1) is 36.8. The third-order valence-electron chi connectivity index (χ3n) is 10.2. The molecule has 278 valence electrons. The zero-order valence-electron chi connectivity index (χ0n) is 28.6. The van der Waals surface area contributed by atoms with Gasteiger partial charge in [0.15, 0.2) is 34.6 Å². The number of phenolic OH excluding ortho intramolecular Hbond substituents is 1. The van der Waals surface area contributed by atoms with E-state index in [1.165, 1.54) is 46.3 Å². The zero-order chi connectivity index (χ0) is 38.3. The number of hydrogen-bond acceptors (Lipinski definition) is 10. The molecule has 4 unspecified atom stereocenters. The van der Waals surface area contributed by atoms with E-state index in [-0.39, 0.29) is 43.3 Å². The Labute approximate surface area is 320 Å². The van der Waals surface area contributed by atoms with Crippen LogP contribution in [-0.2, 0) is 36.1 Å². The minimum Gasteiger partial charge on any atom is -0.504 e. The summed E-state index contributed by atoms with van der Waals surface area (Å²) in [5, 5.41) is 9.30. The van der Waals surface area contributed by atoms with Crippen molar-refractivity contribution in [3.05, 3.63) is 94.6 Å². The third-order valence-corrected chi connectivity index (χ3v) is 12.5. The van der Waals surface area contributed by atoms with Crippen molar-refractivity contribution in [2.24, 2.45) is 7.05 Å². The van der Waals surface area contributed by atoms with Gasteiger partial charge in [0.05, 0.1) is 44.4 Å². The van der Waals surface area contributed by atoms with Crippen LogP contribution in [0.1, 0.15) is 36.6 Å². The van der Waals surface area contributed by atoms with Crippen LogP contribution < -0.4 is 31.1 Å². The molecule has 1 saturated carbocycles. The first-order valence-electron chi connectivity index (χ1n) is 16.4. The molecule has 1 N–H and O–H groups in total. The summed E-state index contributed by atoms with van der Waals surface area (Å²) >= 11 is 27.1. The van der Waals surface area contributed by atoms with Gasteiger partial charge in [0.25, 0.3) is 5.56 Å². The maximum absolute atomic E-state index is 14.3. The molecule has 7 rings (SSSR count). The number of methoxy groups -OCH3 is 2. The second-order valence-electron chi connectivity index (χ2n) is 12.8. The average Bonchev–Trinajstić information content (AvgIpc) is 3.39. The van der Waals surface area contributed by atoms with E-state index in [9.17, 15) is 29.1 Å². The molecule has 0 spiro atoms. The summed E-state index contributed by atoms with van der Waals surface area (Å²) in [7, 11) is 4.52. The van der Waals surface area contributed by atoms with Crippen LogP contribution in [0.2, 0.25) is 0 Å². The first-order valence-corrected chi connectivity index (χ1v) is 17.9. The number of ether oxygens (including phenoxy) is 3. The Hall–Kier alpha value is -4.50. The summed E-state index contributed by atoms with van der Waals surface area (Å²) in [6.07, 6.45) is 1.15. The molecule has 2 aromatic carbocycles. The molecule has 14 nitrogen and oxygen atoms in total. The fraction of sp³-hybridized carbons (Fsp3) is 0.371. The lowest BCUT2D eigenvalue weighted by molar-refractivity contribution is -0.128. The topological polar surface area (TPSA) is 166 Å². The van der Waals surface area contributed by atoms with Crippen molar-refractivity contribution in [1.82, 2.24) is 23.5 Å². The molecule has 18 heteroatoms. The smallest absolute Gasteiger partial charge is 0.347 e. The Morgan fingerprint density at radius 1 is 0.943 bits per heavy atom. The van der Waals surface area contributed by atoms with Gasteiger partial charge in [0.2, 0.25) is 0 Å². The number of rotatable bonds is 8. The molecule has 4 aromatic rings. The lowest BCUT2D eigenvalue weighted by Crippen LogP contribution is -2.67.